The number of hydrogen-bond acceptors (Lipinski definition) is 10. The molecule has 0 aromatic heterocycles. The molecule has 2 aliphatic heterocycles. The first-order valence-electron chi connectivity index (χ1n) is 30.2. The number of fused-ring (bicyclic) bond motifs is 2. The molecule has 4 rings (SSSR count). The molecule has 416 valence electrons. The van der Waals surface area contributed by atoms with Crippen molar-refractivity contribution in [1.29, 1.82) is 0 Å². The van der Waals surface area contributed by atoms with Crippen molar-refractivity contribution in [1.82, 2.24) is 0 Å². The van der Waals surface area contributed by atoms with E-state index in [4.69, 9.17) is 0 Å². The Labute approximate surface area is 479 Å². The minimum atomic E-state index is -4.53. The van der Waals surface area contributed by atoms with Gasteiger partial charge in [0.25, 0.3) is 0 Å². The zero-order chi connectivity index (χ0) is 51.9. The third-order valence-corrected chi connectivity index (χ3v) is 17.8. The van der Waals surface area contributed by atoms with Crippen LogP contribution in [0.25, 0.3) is 0 Å². The summed E-state index contributed by atoms with van der Waals surface area (Å²) >= 11 is 0. The van der Waals surface area contributed by atoms with Crippen molar-refractivity contribution in [2.24, 2.45) is 0 Å². The Kier molecular flexibility index (Phi) is 38.8. The molecule has 0 bridgehead atoms. The number of rotatable bonds is 46. The average molecular weight is 1080 g/mol. The first-order chi connectivity index (χ1) is 35.0. The van der Waals surface area contributed by atoms with Gasteiger partial charge in [-0.05, 0) is 37.1 Å². The third kappa shape index (κ3) is 29.3. The van der Waals surface area contributed by atoms with Crippen LogP contribution < -0.4 is 21.3 Å². The molecule has 2 aliphatic rings. The molecule has 2 aromatic rings. The zero-order valence-corrected chi connectivity index (χ0v) is 50.5. The first-order valence-corrected chi connectivity index (χ1v) is 33.0. The van der Waals surface area contributed by atoms with Crippen LogP contribution >= 0.6 is 0 Å². The minimum Gasteiger partial charge on any atom is -0.745 e. The van der Waals surface area contributed by atoms with Gasteiger partial charge in [0.1, 0.15) is 20.2 Å². The van der Waals surface area contributed by atoms with E-state index in [9.17, 15) is 25.9 Å². The van der Waals surface area contributed by atoms with Gasteiger partial charge in [-0.15, -0.1) is 0 Å². The summed E-state index contributed by atoms with van der Waals surface area (Å²) in [6.07, 6.45) is 55.8. The summed E-state index contributed by atoms with van der Waals surface area (Å²) in [5.74, 6) is 0. The SMILES string of the molecule is CCCCCCCCCCCCCCCCCCCCCCCC1(S(=O)(=O)[O-])Nc2ccccc2N1.CCCCCCCCCCCCCCCCCCCCCCCC1(S(=O)(=O)[O-])Nc2ccccc2N1.[Ca+2]. The molecule has 0 fully saturated rings. The molecule has 0 amide bonds. The van der Waals surface area contributed by atoms with Crippen molar-refractivity contribution in [2.75, 3.05) is 21.3 Å². The molecule has 0 aliphatic carbocycles. The maximum atomic E-state index is 12.0. The Morgan fingerprint density at radius 3 is 0.603 bits per heavy atom. The molecule has 4 N–H and O–H groups in total. The second kappa shape index (κ2) is 41.8. The van der Waals surface area contributed by atoms with E-state index in [-0.39, 0.29) is 50.6 Å². The van der Waals surface area contributed by atoms with Crippen LogP contribution in [0.4, 0.5) is 22.7 Å². The Hall–Kier alpha value is -1.28. The van der Waals surface area contributed by atoms with E-state index in [1.807, 2.05) is 24.3 Å². The number of unbranched alkanes of at least 4 members (excludes halogenated alkanes) is 40. The van der Waals surface area contributed by atoms with Crippen molar-refractivity contribution >= 4 is 80.7 Å². The minimum absolute atomic E-state index is 0. The van der Waals surface area contributed by atoms with E-state index in [1.54, 1.807) is 24.3 Å². The van der Waals surface area contributed by atoms with Gasteiger partial charge >= 0.3 is 37.7 Å². The summed E-state index contributed by atoms with van der Waals surface area (Å²) in [4.78, 5) is -3.21. The summed E-state index contributed by atoms with van der Waals surface area (Å²) in [7, 11) is -9.06. The predicted octanol–water partition coefficient (Wildman–Crippen LogP) is 18.3. The molecule has 2 heterocycles. The number of para-hydroxylation sites is 4. The number of anilines is 4. The fourth-order valence-corrected chi connectivity index (χ4v) is 12.4. The molecule has 0 saturated heterocycles. The molecule has 0 saturated carbocycles. The summed E-state index contributed by atoms with van der Waals surface area (Å²) in [5.41, 5.74) is 2.72. The van der Waals surface area contributed by atoms with Gasteiger partial charge in [-0.3, -0.25) is 0 Å². The van der Waals surface area contributed by atoms with E-state index in [2.05, 4.69) is 35.1 Å². The molecule has 0 atom stereocenters. The maximum absolute atomic E-state index is 12.0. The van der Waals surface area contributed by atoms with Gasteiger partial charge < -0.3 is 30.4 Å². The quantitative estimate of drug-likeness (QED) is 0.0285. The van der Waals surface area contributed by atoms with Crippen LogP contribution in [0, 0.1) is 0 Å². The van der Waals surface area contributed by atoms with Crippen LogP contribution in [0.2, 0.25) is 0 Å². The Balaban J connectivity index is 0.000000493. The largest absolute Gasteiger partial charge is 2.00 e. The molecule has 73 heavy (non-hydrogen) atoms. The summed E-state index contributed by atoms with van der Waals surface area (Å²) in [6, 6.07) is 14.5. The fraction of sp³-hybridized carbons (Fsp3) is 0.800. The average Bonchev–Trinajstić information content (AvgIpc) is 3.96. The van der Waals surface area contributed by atoms with E-state index < -0.39 is 30.2 Å². The monoisotopic (exact) mass is 1080 g/mol. The van der Waals surface area contributed by atoms with Crippen LogP contribution in [0.15, 0.2) is 48.5 Å². The number of benzene rings is 2. The Morgan fingerprint density at radius 2 is 0.452 bits per heavy atom. The van der Waals surface area contributed by atoms with Crippen molar-refractivity contribution < 1.29 is 25.9 Å². The van der Waals surface area contributed by atoms with Gasteiger partial charge in [-0.1, -0.05) is 295 Å². The van der Waals surface area contributed by atoms with Crippen LogP contribution in [-0.4, -0.2) is 73.7 Å². The molecular weight excluding hydrogens is 977 g/mol. The van der Waals surface area contributed by atoms with Gasteiger partial charge in [-0.2, -0.15) is 0 Å². The van der Waals surface area contributed by atoms with Gasteiger partial charge in [0.2, 0.25) is 9.99 Å². The molecule has 0 spiro atoms. The summed E-state index contributed by atoms with van der Waals surface area (Å²) < 4.78 is 71.9. The number of nitrogens with one attached hydrogen (secondary N) is 4. The van der Waals surface area contributed by atoms with E-state index in [0.29, 0.717) is 35.6 Å². The van der Waals surface area contributed by atoms with E-state index in [1.165, 1.54) is 231 Å². The third-order valence-electron chi connectivity index (χ3n) is 15.3. The topological polar surface area (TPSA) is 163 Å². The molecule has 0 unspecified atom stereocenters. The van der Waals surface area contributed by atoms with Gasteiger partial charge in [-0.25, -0.2) is 16.8 Å². The smallest absolute Gasteiger partial charge is 0.745 e. The summed E-state index contributed by atoms with van der Waals surface area (Å²) in [5, 5.41) is 11.8. The van der Waals surface area contributed by atoms with Crippen molar-refractivity contribution in [3.05, 3.63) is 48.5 Å². The van der Waals surface area contributed by atoms with Crippen LogP contribution in [0.1, 0.15) is 296 Å². The van der Waals surface area contributed by atoms with E-state index >= 15 is 0 Å². The molecule has 10 nitrogen and oxygen atoms in total. The molecule has 2 aromatic carbocycles. The van der Waals surface area contributed by atoms with Crippen molar-refractivity contribution in [3.63, 3.8) is 0 Å². The second-order valence-corrected chi connectivity index (χ2v) is 25.0. The van der Waals surface area contributed by atoms with Crippen molar-refractivity contribution in [2.45, 2.75) is 306 Å². The second-order valence-electron chi connectivity index (χ2n) is 21.8. The van der Waals surface area contributed by atoms with Gasteiger partial charge in [0, 0.05) is 12.8 Å². The first kappa shape index (κ1) is 67.8. The van der Waals surface area contributed by atoms with E-state index in [0.717, 1.165) is 25.7 Å². The zero-order valence-electron chi connectivity index (χ0n) is 46.7. The normalized spacial score (nSPS) is 14.2. The molecular formula is C60H106CaN4O6S2. The Bertz CT molecular complexity index is 1690. The van der Waals surface area contributed by atoms with Gasteiger partial charge in [0.15, 0.2) is 0 Å². The Morgan fingerprint density at radius 1 is 0.301 bits per heavy atom. The number of hydrogen-bond donors (Lipinski definition) is 4. The van der Waals surface area contributed by atoms with Crippen LogP contribution in [0.5, 0.6) is 0 Å². The summed E-state index contributed by atoms with van der Waals surface area (Å²) in [6.45, 7) is 4.56. The van der Waals surface area contributed by atoms with Crippen molar-refractivity contribution in [3.8, 4) is 0 Å². The fourth-order valence-electron chi connectivity index (χ4n) is 10.7. The van der Waals surface area contributed by atoms with Gasteiger partial charge in [0.05, 0.1) is 22.7 Å². The predicted molar refractivity (Wildman–Crippen MR) is 312 cm³/mol. The molecule has 0 radical (unpaired) electrons. The maximum Gasteiger partial charge on any atom is 2.00 e. The van der Waals surface area contributed by atoms with Crippen LogP contribution in [0.3, 0.4) is 0 Å². The van der Waals surface area contributed by atoms with Crippen LogP contribution in [-0.2, 0) is 20.2 Å². The molecule has 13 heteroatoms. The standard InChI is InChI=1S/2C30H54N2O3S.Ca/c2*1-2-3-4-5-6-7-8-9-10-11-12-13-14-15-16-17-18-19-20-21-24-27-30(36(33,34)35)31-28-25-22-23-26-29(28)32-30;/h2*22-23,25-26,31-32H,2-21,24,27H2,1H3,(H,33,34,35);/q;;+2/p-2.